The van der Waals surface area contributed by atoms with Gasteiger partial charge in [-0.1, -0.05) is 52.5 Å². The fourth-order valence-electron chi connectivity index (χ4n) is 2.16. The van der Waals surface area contributed by atoms with Crippen molar-refractivity contribution in [3.63, 3.8) is 0 Å². The van der Waals surface area contributed by atoms with Gasteiger partial charge in [0.05, 0.1) is 0 Å². The van der Waals surface area contributed by atoms with Crippen LogP contribution in [0.1, 0.15) is 58.8 Å². The highest BCUT2D eigenvalue weighted by Gasteiger charge is 2.34. The van der Waals surface area contributed by atoms with Gasteiger partial charge in [-0.05, 0) is 12.8 Å². The Kier molecular flexibility index (Phi) is 5.58. The molecule has 0 spiro atoms. The number of unbranched alkanes of at least 4 members (excludes halogenated alkanes) is 5. The SMILES string of the molecule is C=C1C(=O)OC(CCCCCCCC)C1C. The molecule has 0 aromatic heterocycles. The van der Waals surface area contributed by atoms with E-state index in [1.54, 1.807) is 0 Å². The topological polar surface area (TPSA) is 26.3 Å². The molecule has 2 atom stereocenters. The van der Waals surface area contributed by atoms with E-state index in [1.165, 1.54) is 38.5 Å². The third kappa shape index (κ3) is 3.66. The number of carbonyl (C=O) groups is 1. The zero-order valence-corrected chi connectivity index (χ0v) is 10.6. The second-order valence-corrected chi connectivity index (χ2v) is 4.81. The molecule has 1 fully saturated rings. The number of cyclic esters (lactones) is 1. The van der Waals surface area contributed by atoms with E-state index < -0.39 is 0 Å². The Morgan fingerprint density at radius 3 is 2.38 bits per heavy atom. The summed E-state index contributed by atoms with van der Waals surface area (Å²) in [7, 11) is 0. The standard InChI is InChI=1S/C14H24O2/c1-4-5-6-7-8-9-10-13-11(2)12(3)14(15)16-13/h11,13H,3-10H2,1-2H3. The fourth-order valence-corrected chi connectivity index (χ4v) is 2.16. The van der Waals surface area contributed by atoms with Crippen LogP contribution in [0.5, 0.6) is 0 Å². The number of ether oxygens (including phenoxy) is 1. The summed E-state index contributed by atoms with van der Waals surface area (Å²) in [4.78, 5) is 11.2. The fraction of sp³-hybridized carbons (Fsp3) is 0.786. The van der Waals surface area contributed by atoms with Gasteiger partial charge in [0.2, 0.25) is 0 Å². The first-order valence-electron chi connectivity index (χ1n) is 6.56. The molecule has 0 aromatic rings. The Morgan fingerprint density at radius 2 is 1.81 bits per heavy atom. The van der Waals surface area contributed by atoms with Crippen molar-refractivity contribution in [3.05, 3.63) is 12.2 Å². The van der Waals surface area contributed by atoms with E-state index in [1.807, 2.05) is 6.92 Å². The second kappa shape index (κ2) is 6.72. The van der Waals surface area contributed by atoms with E-state index in [4.69, 9.17) is 4.74 Å². The van der Waals surface area contributed by atoms with E-state index in [-0.39, 0.29) is 18.0 Å². The molecule has 1 saturated heterocycles. The predicted octanol–water partition coefficient (Wildman–Crippen LogP) is 3.85. The van der Waals surface area contributed by atoms with Crippen molar-refractivity contribution in [3.8, 4) is 0 Å². The summed E-state index contributed by atoms with van der Waals surface area (Å²) in [6, 6.07) is 0. The third-order valence-corrected chi connectivity index (χ3v) is 3.47. The van der Waals surface area contributed by atoms with Gasteiger partial charge < -0.3 is 4.74 Å². The summed E-state index contributed by atoms with van der Waals surface area (Å²) in [5, 5.41) is 0. The summed E-state index contributed by atoms with van der Waals surface area (Å²) in [6.07, 6.45) is 8.78. The average Bonchev–Trinajstić information content (AvgIpc) is 2.51. The Balaban J connectivity index is 2.10. The quantitative estimate of drug-likeness (QED) is 0.373. The van der Waals surface area contributed by atoms with Gasteiger partial charge in [0.15, 0.2) is 0 Å². The highest BCUT2D eigenvalue weighted by atomic mass is 16.6. The van der Waals surface area contributed by atoms with Crippen LogP contribution in [0.4, 0.5) is 0 Å². The first-order chi connectivity index (χ1) is 7.66. The monoisotopic (exact) mass is 224 g/mol. The molecule has 1 heterocycles. The van der Waals surface area contributed by atoms with Crippen LogP contribution < -0.4 is 0 Å². The molecule has 0 aromatic carbocycles. The molecular weight excluding hydrogens is 200 g/mol. The van der Waals surface area contributed by atoms with E-state index in [9.17, 15) is 4.79 Å². The third-order valence-electron chi connectivity index (χ3n) is 3.47. The van der Waals surface area contributed by atoms with Crippen LogP contribution in [0.15, 0.2) is 12.2 Å². The summed E-state index contributed by atoms with van der Waals surface area (Å²) >= 11 is 0. The number of hydrogen-bond acceptors (Lipinski definition) is 2. The molecule has 1 rings (SSSR count). The lowest BCUT2D eigenvalue weighted by atomic mass is 9.95. The van der Waals surface area contributed by atoms with Crippen LogP contribution in [-0.2, 0) is 9.53 Å². The van der Waals surface area contributed by atoms with Crippen LogP contribution in [0.3, 0.4) is 0 Å². The van der Waals surface area contributed by atoms with Crippen molar-refractivity contribution in [2.24, 2.45) is 5.92 Å². The minimum absolute atomic E-state index is 0.0891. The molecule has 92 valence electrons. The van der Waals surface area contributed by atoms with Crippen LogP contribution in [0.2, 0.25) is 0 Å². The Morgan fingerprint density at radius 1 is 1.19 bits per heavy atom. The van der Waals surface area contributed by atoms with E-state index in [2.05, 4.69) is 13.5 Å². The largest absolute Gasteiger partial charge is 0.458 e. The van der Waals surface area contributed by atoms with Gasteiger partial charge in [0.1, 0.15) is 6.10 Å². The first-order valence-corrected chi connectivity index (χ1v) is 6.56. The minimum Gasteiger partial charge on any atom is -0.458 e. The minimum atomic E-state index is -0.191. The molecule has 0 amide bonds. The molecule has 0 saturated carbocycles. The van der Waals surface area contributed by atoms with Gasteiger partial charge >= 0.3 is 5.97 Å². The molecule has 0 bridgehead atoms. The molecular formula is C14H24O2. The number of rotatable bonds is 7. The van der Waals surface area contributed by atoms with Crippen molar-refractivity contribution in [1.29, 1.82) is 0 Å². The molecule has 0 aliphatic carbocycles. The van der Waals surface area contributed by atoms with E-state index in [0.29, 0.717) is 5.57 Å². The Bertz CT molecular complexity index is 245. The maximum atomic E-state index is 11.2. The van der Waals surface area contributed by atoms with Gasteiger partial charge in [-0.15, -0.1) is 0 Å². The lowest BCUT2D eigenvalue weighted by molar-refractivity contribution is -0.139. The van der Waals surface area contributed by atoms with Gasteiger partial charge in [0.25, 0.3) is 0 Å². The molecule has 16 heavy (non-hydrogen) atoms. The van der Waals surface area contributed by atoms with E-state index in [0.717, 1.165) is 6.42 Å². The molecule has 0 radical (unpaired) electrons. The Labute approximate surface area is 99.1 Å². The van der Waals surface area contributed by atoms with Gasteiger partial charge in [-0.25, -0.2) is 4.79 Å². The van der Waals surface area contributed by atoms with Crippen molar-refractivity contribution in [2.45, 2.75) is 64.9 Å². The maximum absolute atomic E-state index is 11.2. The van der Waals surface area contributed by atoms with Crippen molar-refractivity contribution in [1.82, 2.24) is 0 Å². The van der Waals surface area contributed by atoms with Crippen LogP contribution in [0, 0.1) is 5.92 Å². The zero-order chi connectivity index (χ0) is 12.0. The molecule has 2 heteroatoms. The molecule has 1 aliphatic rings. The molecule has 1 aliphatic heterocycles. The average molecular weight is 224 g/mol. The lowest BCUT2D eigenvalue weighted by Crippen LogP contribution is -2.13. The predicted molar refractivity (Wildman–Crippen MR) is 66.2 cm³/mol. The molecule has 0 N–H and O–H groups in total. The summed E-state index contributed by atoms with van der Waals surface area (Å²) in [5.41, 5.74) is 0.649. The van der Waals surface area contributed by atoms with Crippen LogP contribution in [-0.4, -0.2) is 12.1 Å². The highest BCUT2D eigenvalue weighted by Crippen LogP contribution is 2.29. The Hall–Kier alpha value is -0.790. The van der Waals surface area contributed by atoms with Gasteiger partial charge in [-0.2, -0.15) is 0 Å². The van der Waals surface area contributed by atoms with Crippen molar-refractivity contribution >= 4 is 5.97 Å². The summed E-state index contributed by atoms with van der Waals surface area (Å²) in [6.45, 7) is 8.02. The van der Waals surface area contributed by atoms with E-state index >= 15 is 0 Å². The first kappa shape index (κ1) is 13.3. The highest BCUT2D eigenvalue weighted by molar-refractivity contribution is 5.90. The van der Waals surface area contributed by atoms with Crippen LogP contribution in [0.25, 0.3) is 0 Å². The summed E-state index contributed by atoms with van der Waals surface area (Å²) < 4.78 is 5.28. The van der Waals surface area contributed by atoms with Crippen molar-refractivity contribution < 1.29 is 9.53 Å². The zero-order valence-electron chi connectivity index (χ0n) is 10.6. The normalized spacial score (nSPS) is 24.9. The van der Waals surface area contributed by atoms with Gasteiger partial charge in [0, 0.05) is 11.5 Å². The van der Waals surface area contributed by atoms with Crippen molar-refractivity contribution in [2.75, 3.05) is 0 Å². The molecule has 2 nitrogen and oxygen atoms in total. The maximum Gasteiger partial charge on any atom is 0.334 e. The number of hydrogen-bond donors (Lipinski definition) is 0. The van der Waals surface area contributed by atoms with Gasteiger partial charge in [-0.3, -0.25) is 0 Å². The number of esters is 1. The summed E-state index contributed by atoms with van der Waals surface area (Å²) in [5.74, 6) is 0.0200. The smallest absolute Gasteiger partial charge is 0.334 e. The van der Waals surface area contributed by atoms with Crippen LogP contribution >= 0.6 is 0 Å². The molecule has 2 unspecified atom stereocenters. The number of carbonyl (C=O) groups excluding carboxylic acids is 1. The second-order valence-electron chi connectivity index (χ2n) is 4.81. The lowest BCUT2D eigenvalue weighted by Gasteiger charge is -2.12.